The lowest BCUT2D eigenvalue weighted by Crippen LogP contribution is -2.50. The van der Waals surface area contributed by atoms with Gasteiger partial charge in [0.05, 0.1) is 18.4 Å². The van der Waals surface area contributed by atoms with Crippen molar-refractivity contribution in [3.63, 3.8) is 0 Å². The minimum atomic E-state index is -3.79. The summed E-state index contributed by atoms with van der Waals surface area (Å²) in [5, 5.41) is 1.23. The summed E-state index contributed by atoms with van der Waals surface area (Å²) < 4.78 is 45.2. The van der Waals surface area contributed by atoms with Gasteiger partial charge in [0, 0.05) is 41.2 Å². The smallest absolute Gasteiger partial charge is 0.267 e. The molecule has 1 unspecified atom stereocenters. The van der Waals surface area contributed by atoms with Crippen molar-refractivity contribution in [3.8, 4) is 5.75 Å². The Morgan fingerprint density at radius 1 is 1.18 bits per heavy atom. The van der Waals surface area contributed by atoms with Crippen LogP contribution in [0.2, 0.25) is 10.0 Å². The summed E-state index contributed by atoms with van der Waals surface area (Å²) in [5.74, 6) is -0.889. The number of hydrogen-bond donors (Lipinski definition) is 1. The molecule has 0 aromatic heterocycles. The second-order valence-corrected chi connectivity index (χ2v) is 11.7. The fourth-order valence-electron chi connectivity index (χ4n) is 4.46. The number of amides is 1. The minimum absolute atomic E-state index is 0.190. The van der Waals surface area contributed by atoms with Crippen LogP contribution in [0.1, 0.15) is 59.6 Å². The average molecular weight is 529 g/mol. The predicted octanol–water partition coefficient (Wildman–Crippen LogP) is 5.16. The van der Waals surface area contributed by atoms with Crippen molar-refractivity contribution in [2.24, 2.45) is 5.92 Å². The van der Waals surface area contributed by atoms with Crippen molar-refractivity contribution in [2.75, 3.05) is 26.0 Å². The molecule has 0 bridgehead atoms. The van der Waals surface area contributed by atoms with E-state index in [1.165, 1.54) is 12.1 Å². The zero-order chi connectivity index (χ0) is 24.6. The number of ether oxygens (including phenoxy) is 1. The van der Waals surface area contributed by atoms with Gasteiger partial charge < -0.3 is 4.74 Å². The molecular weight excluding hydrogens is 502 g/mol. The third-order valence-corrected chi connectivity index (χ3v) is 7.19. The Balaban J connectivity index is 1.40. The van der Waals surface area contributed by atoms with E-state index in [1.807, 2.05) is 16.9 Å². The standard InChI is InChI=1S/C24H27Cl2FN2O4S/c1-3-22(16-6-17(25)8-18(26)7-16)29-11-14(12-29)13-33-23-10-21(27)20(9-19(23)15-4-5-15)24(30)28-34(2,31)32/h6-10,14-15,22H,3-5,11-13H2,1-2H3,(H,28,30). The van der Waals surface area contributed by atoms with Crippen LogP contribution in [0, 0.1) is 11.7 Å². The van der Waals surface area contributed by atoms with E-state index in [0.717, 1.165) is 49.7 Å². The van der Waals surface area contributed by atoms with E-state index in [2.05, 4.69) is 11.8 Å². The first-order chi connectivity index (χ1) is 16.0. The van der Waals surface area contributed by atoms with E-state index >= 15 is 0 Å². The third kappa shape index (κ3) is 6.03. The van der Waals surface area contributed by atoms with Gasteiger partial charge in [-0.1, -0.05) is 30.1 Å². The monoisotopic (exact) mass is 528 g/mol. The molecule has 1 saturated carbocycles. The van der Waals surface area contributed by atoms with Crippen LogP contribution in [-0.2, 0) is 10.0 Å². The number of halogens is 3. The van der Waals surface area contributed by atoms with Crippen molar-refractivity contribution in [3.05, 3.63) is 62.9 Å². The lowest BCUT2D eigenvalue weighted by Gasteiger charge is -2.44. The van der Waals surface area contributed by atoms with Gasteiger partial charge in [0.1, 0.15) is 11.6 Å². The molecular formula is C24H27Cl2FN2O4S. The largest absolute Gasteiger partial charge is 0.493 e. The first-order valence-corrected chi connectivity index (χ1v) is 13.9. The molecule has 6 nitrogen and oxygen atoms in total. The molecule has 2 fully saturated rings. The molecule has 0 radical (unpaired) electrons. The SMILES string of the molecule is CCC(c1cc(Cl)cc(Cl)c1)N1CC(COc2cc(F)c(C(=O)NS(C)(=O)=O)cc2C2CC2)C1. The van der Waals surface area contributed by atoms with Gasteiger partial charge in [0.25, 0.3) is 5.91 Å². The summed E-state index contributed by atoms with van der Waals surface area (Å²) in [6, 6.07) is 8.43. The molecule has 1 atom stereocenters. The number of likely N-dealkylation sites (tertiary alicyclic amines) is 1. The molecule has 2 aromatic rings. The maximum atomic E-state index is 14.7. The lowest BCUT2D eigenvalue weighted by atomic mass is 9.93. The van der Waals surface area contributed by atoms with E-state index in [-0.39, 0.29) is 23.4 Å². The van der Waals surface area contributed by atoms with Crippen LogP contribution in [0.15, 0.2) is 30.3 Å². The molecule has 184 valence electrons. The van der Waals surface area contributed by atoms with Gasteiger partial charge in [-0.2, -0.15) is 0 Å². The van der Waals surface area contributed by atoms with Crippen molar-refractivity contribution in [1.82, 2.24) is 9.62 Å². The third-order valence-electron chi connectivity index (χ3n) is 6.20. The van der Waals surface area contributed by atoms with Crippen molar-refractivity contribution < 1.29 is 22.3 Å². The van der Waals surface area contributed by atoms with Gasteiger partial charge in [-0.3, -0.25) is 9.69 Å². The van der Waals surface area contributed by atoms with E-state index in [0.29, 0.717) is 22.4 Å². The number of benzene rings is 2. The molecule has 1 saturated heterocycles. The fraction of sp³-hybridized carbons (Fsp3) is 0.458. The highest BCUT2D eigenvalue weighted by molar-refractivity contribution is 7.89. The maximum absolute atomic E-state index is 14.7. The number of rotatable bonds is 9. The van der Waals surface area contributed by atoms with Crippen molar-refractivity contribution in [2.45, 2.75) is 38.1 Å². The van der Waals surface area contributed by atoms with E-state index < -0.39 is 21.7 Å². The molecule has 1 aliphatic carbocycles. The summed E-state index contributed by atoms with van der Waals surface area (Å²) in [5.41, 5.74) is 1.54. The number of carbonyl (C=O) groups is 1. The Morgan fingerprint density at radius 2 is 1.82 bits per heavy atom. The van der Waals surface area contributed by atoms with Crippen LogP contribution in [0.25, 0.3) is 0 Å². The highest BCUT2D eigenvalue weighted by atomic mass is 35.5. The maximum Gasteiger partial charge on any atom is 0.267 e. The molecule has 2 aliphatic rings. The molecule has 1 aliphatic heterocycles. The highest BCUT2D eigenvalue weighted by Crippen LogP contribution is 2.45. The van der Waals surface area contributed by atoms with E-state index in [4.69, 9.17) is 27.9 Å². The van der Waals surface area contributed by atoms with Gasteiger partial charge >= 0.3 is 0 Å². The number of nitrogens with one attached hydrogen (secondary N) is 1. The van der Waals surface area contributed by atoms with Gasteiger partial charge in [0.15, 0.2) is 0 Å². The summed E-state index contributed by atoms with van der Waals surface area (Å²) in [6.07, 6.45) is 3.62. The zero-order valence-electron chi connectivity index (χ0n) is 19.0. The van der Waals surface area contributed by atoms with Gasteiger partial charge in [0.2, 0.25) is 10.0 Å². The Kier molecular flexibility index (Phi) is 7.43. The number of nitrogens with zero attached hydrogens (tertiary/aromatic N) is 1. The molecule has 1 amide bonds. The second-order valence-electron chi connectivity index (χ2n) is 9.11. The number of carbonyl (C=O) groups excluding carboxylic acids is 1. The Morgan fingerprint density at radius 3 is 2.38 bits per heavy atom. The van der Waals surface area contributed by atoms with Crippen LogP contribution < -0.4 is 9.46 Å². The lowest BCUT2D eigenvalue weighted by molar-refractivity contribution is 0.0231. The second kappa shape index (κ2) is 10.0. The predicted molar refractivity (Wildman–Crippen MR) is 131 cm³/mol. The summed E-state index contributed by atoms with van der Waals surface area (Å²) in [4.78, 5) is 14.5. The first kappa shape index (κ1) is 25.2. The summed E-state index contributed by atoms with van der Waals surface area (Å²) in [7, 11) is -3.79. The summed E-state index contributed by atoms with van der Waals surface area (Å²) >= 11 is 12.4. The van der Waals surface area contributed by atoms with Crippen molar-refractivity contribution in [1.29, 1.82) is 0 Å². The van der Waals surface area contributed by atoms with Crippen LogP contribution >= 0.6 is 23.2 Å². The molecule has 1 heterocycles. The summed E-state index contributed by atoms with van der Waals surface area (Å²) in [6.45, 7) is 4.21. The molecule has 34 heavy (non-hydrogen) atoms. The van der Waals surface area contributed by atoms with Crippen LogP contribution in [0.3, 0.4) is 0 Å². The van der Waals surface area contributed by atoms with Crippen LogP contribution in [0.4, 0.5) is 4.39 Å². The Bertz CT molecular complexity index is 1180. The Labute approximate surface area is 209 Å². The molecule has 4 rings (SSSR count). The van der Waals surface area contributed by atoms with Crippen LogP contribution in [-0.4, -0.2) is 45.2 Å². The van der Waals surface area contributed by atoms with Gasteiger partial charge in [-0.05, 0) is 60.6 Å². The van der Waals surface area contributed by atoms with E-state index in [9.17, 15) is 17.6 Å². The van der Waals surface area contributed by atoms with E-state index in [1.54, 1.807) is 6.07 Å². The minimum Gasteiger partial charge on any atom is -0.493 e. The molecule has 2 aromatic carbocycles. The normalized spacial score (nSPS) is 17.8. The zero-order valence-corrected chi connectivity index (χ0v) is 21.3. The molecule has 10 heteroatoms. The molecule has 1 N–H and O–H groups in total. The highest BCUT2D eigenvalue weighted by Gasteiger charge is 2.34. The number of sulfonamides is 1. The Hall–Kier alpha value is -1.87. The van der Waals surface area contributed by atoms with Crippen LogP contribution in [0.5, 0.6) is 5.75 Å². The number of hydrogen-bond acceptors (Lipinski definition) is 5. The topological polar surface area (TPSA) is 75.7 Å². The van der Waals surface area contributed by atoms with Crippen molar-refractivity contribution >= 4 is 39.1 Å². The first-order valence-electron chi connectivity index (χ1n) is 11.2. The fourth-order valence-corrected chi connectivity index (χ4v) is 5.45. The molecule has 0 spiro atoms. The average Bonchev–Trinajstić information content (AvgIpc) is 3.52. The quantitative estimate of drug-likeness (QED) is 0.486. The van der Waals surface area contributed by atoms with Gasteiger partial charge in [-0.15, -0.1) is 0 Å². The van der Waals surface area contributed by atoms with Gasteiger partial charge in [-0.25, -0.2) is 17.5 Å².